The van der Waals surface area contributed by atoms with Gasteiger partial charge in [-0.15, -0.1) is 0 Å². The standard InChI is InChI=1S/C29H34F3N3O8/c1-4-5-21(42-13-12-36)20(41-3)10-11-23(37)34-15-28(40,29(30,31)32)22-14-19-25(43-16-27(19,2)33)24(35-22)17-6-8-18(9-7-17)26(38)39/h4-6,8-11,14,17,36,40H,7,12-13,15-16,33H2,1-3H3,(H,34,37)(H,38,39). The van der Waals surface area contributed by atoms with Crippen LogP contribution in [-0.4, -0.2) is 71.8 Å². The Morgan fingerprint density at radius 1 is 1.28 bits per heavy atom. The summed E-state index contributed by atoms with van der Waals surface area (Å²) in [6.45, 7) is 1.52. The second kappa shape index (κ2) is 13.4. The molecule has 1 aromatic rings. The minimum Gasteiger partial charge on any atom is -0.493 e. The number of carboxylic acids is 1. The van der Waals surface area contributed by atoms with Gasteiger partial charge in [0.1, 0.15) is 19.0 Å². The molecule has 1 aromatic heterocycles. The number of aromatic nitrogens is 1. The number of aliphatic hydroxyl groups is 2. The minimum absolute atomic E-state index is 0.0143. The number of carboxylic acid groups (broad SMARTS) is 1. The number of allylic oxidation sites excluding steroid dienone is 5. The Labute approximate surface area is 245 Å². The van der Waals surface area contributed by atoms with Crippen LogP contribution in [0.25, 0.3) is 0 Å². The largest absolute Gasteiger partial charge is 0.493 e. The zero-order valence-electron chi connectivity index (χ0n) is 23.8. The molecule has 3 unspecified atom stereocenters. The Balaban J connectivity index is 1.97. The highest BCUT2D eigenvalue weighted by molar-refractivity contribution is 5.90. The molecule has 2 heterocycles. The van der Waals surface area contributed by atoms with E-state index in [9.17, 15) is 33.0 Å². The summed E-state index contributed by atoms with van der Waals surface area (Å²) in [7, 11) is 1.29. The molecule has 1 aliphatic carbocycles. The number of halogens is 3. The lowest BCUT2D eigenvalue weighted by Crippen LogP contribution is -2.51. The van der Waals surface area contributed by atoms with Gasteiger partial charge in [0.25, 0.3) is 0 Å². The van der Waals surface area contributed by atoms with Crippen molar-refractivity contribution in [3.8, 4) is 5.75 Å². The number of amides is 1. The molecule has 0 spiro atoms. The molecule has 1 amide bonds. The van der Waals surface area contributed by atoms with Crippen molar-refractivity contribution in [2.45, 2.75) is 43.5 Å². The van der Waals surface area contributed by atoms with E-state index in [0.29, 0.717) is 0 Å². The minimum atomic E-state index is -5.29. The molecule has 3 rings (SSSR count). The maximum atomic E-state index is 14.5. The fraction of sp³-hybridized carbons (Fsp3) is 0.414. The zero-order chi connectivity index (χ0) is 32.0. The van der Waals surface area contributed by atoms with E-state index in [2.05, 4.69) is 10.3 Å². The van der Waals surface area contributed by atoms with Crippen LogP contribution < -0.4 is 15.8 Å². The summed E-state index contributed by atoms with van der Waals surface area (Å²) in [5, 5.41) is 31.4. The van der Waals surface area contributed by atoms with Crippen LogP contribution in [0.5, 0.6) is 5.75 Å². The van der Waals surface area contributed by atoms with Gasteiger partial charge in [0, 0.05) is 17.6 Å². The van der Waals surface area contributed by atoms with Crippen LogP contribution in [0.1, 0.15) is 43.1 Å². The van der Waals surface area contributed by atoms with E-state index in [-0.39, 0.29) is 60.3 Å². The number of aliphatic hydroxyl groups excluding tert-OH is 1. The highest BCUT2D eigenvalue weighted by Gasteiger charge is 2.57. The number of aliphatic carboxylic acids is 1. The van der Waals surface area contributed by atoms with E-state index in [4.69, 9.17) is 25.1 Å². The first-order valence-corrected chi connectivity index (χ1v) is 13.2. The molecule has 0 bridgehead atoms. The lowest BCUT2D eigenvalue weighted by molar-refractivity contribution is -0.265. The second-order valence-corrected chi connectivity index (χ2v) is 10.1. The maximum absolute atomic E-state index is 14.5. The van der Waals surface area contributed by atoms with Gasteiger partial charge < -0.3 is 40.6 Å². The molecule has 0 saturated carbocycles. The number of nitrogens with zero attached hydrogens (tertiary/aromatic N) is 1. The molecule has 234 valence electrons. The van der Waals surface area contributed by atoms with Crippen LogP contribution in [-0.2, 0) is 30.2 Å². The molecule has 11 nitrogen and oxygen atoms in total. The maximum Gasteiger partial charge on any atom is 0.424 e. The molecule has 0 radical (unpaired) electrons. The normalized spacial score (nSPS) is 22.0. The molecule has 0 aromatic carbocycles. The second-order valence-electron chi connectivity index (χ2n) is 10.1. The molecule has 14 heteroatoms. The van der Waals surface area contributed by atoms with Crippen molar-refractivity contribution in [1.29, 1.82) is 0 Å². The molecule has 43 heavy (non-hydrogen) atoms. The Bertz CT molecular complexity index is 1380. The first-order valence-electron chi connectivity index (χ1n) is 13.2. The van der Waals surface area contributed by atoms with Crippen molar-refractivity contribution in [2.24, 2.45) is 5.73 Å². The molecule has 1 aliphatic heterocycles. The topological polar surface area (TPSA) is 173 Å². The van der Waals surface area contributed by atoms with Gasteiger partial charge in [-0.2, -0.15) is 13.2 Å². The van der Waals surface area contributed by atoms with Gasteiger partial charge in [-0.05, 0) is 38.5 Å². The fourth-order valence-electron chi connectivity index (χ4n) is 4.39. The van der Waals surface area contributed by atoms with Crippen LogP contribution >= 0.6 is 0 Å². The number of pyridine rings is 1. The number of rotatable bonds is 12. The van der Waals surface area contributed by atoms with Crippen molar-refractivity contribution in [2.75, 3.05) is 33.5 Å². The molecule has 2 aliphatic rings. The average Bonchev–Trinajstić information content (AvgIpc) is 3.27. The van der Waals surface area contributed by atoms with E-state index < -0.39 is 47.3 Å². The van der Waals surface area contributed by atoms with E-state index in [0.717, 1.165) is 18.2 Å². The number of alkyl halides is 3. The number of carbonyl (C=O) groups excluding carboxylic acids is 1. The van der Waals surface area contributed by atoms with Gasteiger partial charge in [0.05, 0.1) is 42.8 Å². The third kappa shape index (κ3) is 7.45. The van der Waals surface area contributed by atoms with Gasteiger partial charge >= 0.3 is 12.1 Å². The van der Waals surface area contributed by atoms with Gasteiger partial charge in [-0.1, -0.05) is 24.3 Å². The quantitative estimate of drug-likeness (QED) is 0.135. The number of ether oxygens (including phenoxy) is 3. The summed E-state index contributed by atoms with van der Waals surface area (Å²) in [6.07, 6.45) is 4.19. The summed E-state index contributed by atoms with van der Waals surface area (Å²) in [5.74, 6) is -2.44. The first-order chi connectivity index (χ1) is 20.2. The third-order valence-electron chi connectivity index (χ3n) is 6.76. The summed E-state index contributed by atoms with van der Waals surface area (Å²) in [6, 6.07) is 1.01. The fourth-order valence-corrected chi connectivity index (χ4v) is 4.39. The molecule has 0 fully saturated rings. The Hall–Kier alpha value is -4.14. The summed E-state index contributed by atoms with van der Waals surface area (Å²) in [4.78, 5) is 28.0. The molecule has 3 atom stereocenters. The Morgan fingerprint density at radius 2 is 2.00 bits per heavy atom. The number of hydrogen-bond donors (Lipinski definition) is 5. The number of fused-ring (bicyclic) bond motifs is 1. The van der Waals surface area contributed by atoms with Gasteiger partial charge in [-0.3, -0.25) is 4.79 Å². The lowest BCUT2D eigenvalue weighted by atomic mass is 9.86. The summed E-state index contributed by atoms with van der Waals surface area (Å²) < 4.78 is 59.7. The van der Waals surface area contributed by atoms with E-state index >= 15 is 0 Å². The Kier molecular flexibility index (Phi) is 10.4. The van der Waals surface area contributed by atoms with Gasteiger partial charge in [-0.25, -0.2) is 9.78 Å². The van der Waals surface area contributed by atoms with Crippen molar-refractivity contribution in [1.82, 2.24) is 10.3 Å². The van der Waals surface area contributed by atoms with Crippen molar-refractivity contribution in [3.05, 3.63) is 82.6 Å². The van der Waals surface area contributed by atoms with Crippen LogP contribution in [0.4, 0.5) is 13.2 Å². The zero-order valence-corrected chi connectivity index (χ0v) is 23.8. The number of nitrogens with two attached hydrogens (primary N) is 1. The number of nitrogens with one attached hydrogen (secondary N) is 1. The lowest BCUT2D eigenvalue weighted by Gasteiger charge is -2.32. The van der Waals surface area contributed by atoms with Crippen molar-refractivity contribution >= 4 is 11.9 Å². The Morgan fingerprint density at radius 3 is 2.56 bits per heavy atom. The third-order valence-corrected chi connectivity index (χ3v) is 6.76. The smallest absolute Gasteiger partial charge is 0.424 e. The molecular formula is C29H34F3N3O8. The summed E-state index contributed by atoms with van der Waals surface area (Å²) >= 11 is 0. The first kappa shape index (κ1) is 33.4. The van der Waals surface area contributed by atoms with E-state index in [1.165, 1.54) is 31.4 Å². The predicted octanol–water partition coefficient (Wildman–Crippen LogP) is 2.57. The highest BCUT2D eigenvalue weighted by atomic mass is 19.4. The van der Waals surface area contributed by atoms with Crippen LogP contribution in [0.3, 0.4) is 0 Å². The van der Waals surface area contributed by atoms with Crippen LogP contribution in [0.2, 0.25) is 0 Å². The van der Waals surface area contributed by atoms with Crippen molar-refractivity contribution in [3.63, 3.8) is 0 Å². The molecular weight excluding hydrogens is 575 g/mol. The molecule has 0 saturated heterocycles. The SMILES string of the molecule is CC=CC(OCCO)=C(C=CC(=O)NCC(O)(c1cc2c(c(C3C=CC(C(=O)O)=CC3)n1)OCC2(C)N)C(F)(F)F)OC. The monoisotopic (exact) mass is 609 g/mol. The van der Waals surface area contributed by atoms with Gasteiger partial charge in [0.15, 0.2) is 11.5 Å². The van der Waals surface area contributed by atoms with Gasteiger partial charge in [0.2, 0.25) is 11.5 Å². The van der Waals surface area contributed by atoms with E-state index in [1.54, 1.807) is 19.9 Å². The van der Waals surface area contributed by atoms with Crippen molar-refractivity contribution < 1.29 is 52.3 Å². The van der Waals surface area contributed by atoms with Crippen LogP contribution in [0, 0.1) is 0 Å². The highest BCUT2D eigenvalue weighted by Crippen LogP contribution is 2.46. The number of methoxy groups -OCH3 is 1. The number of hydrogen-bond acceptors (Lipinski definition) is 9. The predicted molar refractivity (Wildman–Crippen MR) is 147 cm³/mol. The summed E-state index contributed by atoms with van der Waals surface area (Å²) in [5.41, 5.74) is 0.870. The van der Waals surface area contributed by atoms with Crippen LogP contribution in [0.15, 0.2) is 65.7 Å². The molecule has 6 N–H and O–H groups in total. The number of carbonyl (C=O) groups is 2. The average molecular weight is 610 g/mol. The van der Waals surface area contributed by atoms with E-state index in [1.807, 2.05) is 0 Å².